The highest BCUT2D eigenvalue weighted by molar-refractivity contribution is 7.12. The minimum absolute atomic E-state index is 0.0143. The van der Waals surface area contributed by atoms with Crippen LogP contribution in [-0.4, -0.2) is 81.6 Å². The third-order valence-electron chi connectivity index (χ3n) is 11.9. The van der Waals surface area contributed by atoms with Crippen LogP contribution in [0.4, 0.5) is 0 Å². The van der Waals surface area contributed by atoms with E-state index in [4.69, 9.17) is 4.74 Å². The molecule has 65 heavy (non-hydrogen) atoms. The van der Waals surface area contributed by atoms with Crippen LogP contribution in [0.3, 0.4) is 0 Å². The van der Waals surface area contributed by atoms with Gasteiger partial charge in [0.25, 0.3) is 5.91 Å². The van der Waals surface area contributed by atoms with Crippen LogP contribution in [-0.2, 0) is 32.1 Å². The predicted octanol–water partition coefficient (Wildman–Crippen LogP) is 15.2. The van der Waals surface area contributed by atoms with Crippen molar-refractivity contribution in [1.82, 2.24) is 15.1 Å². The van der Waals surface area contributed by atoms with Gasteiger partial charge in [-0.1, -0.05) is 162 Å². The van der Waals surface area contributed by atoms with Gasteiger partial charge in [0.05, 0.1) is 18.1 Å². The molecule has 2 rings (SSSR count). The molecule has 0 radical (unpaired) electrons. The van der Waals surface area contributed by atoms with Gasteiger partial charge < -0.3 is 29.4 Å². The first-order chi connectivity index (χ1) is 31.7. The van der Waals surface area contributed by atoms with E-state index in [1.807, 2.05) is 27.9 Å². The topological polar surface area (TPSA) is 96.0 Å². The van der Waals surface area contributed by atoms with E-state index in [1.165, 1.54) is 139 Å². The van der Waals surface area contributed by atoms with Crippen molar-refractivity contribution in [2.45, 2.75) is 247 Å². The molecular weight excluding hydrogens is 827 g/mol. The largest absolute Gasteiger partial charge is 0.465 e. The summed E-state index contributed by atoms with van der Waals surface area (Å²) in [5, 5.41) is 3.03. The number of ether oxygens (including phenoxy) is 1. The number of hydrogen-bond acceptors (Lipinski definition) is 8. The standard InChI is InChI=1S/C22H42O3.C18H34O.C14H23N3OS.C2H6/c1-3-5-7-9-10-14-18-21(17-13-8-6-4-2)22(24)25-20-16-12-11-15-19-23;1-2-3-4-5-6-7-8-9-10-11-12-13-14-15-16-17-18-19;1-10-13(14(18)15-6-8-16(2)3)11-5-7-17(4)9-12(11)19-10;1-2/h19,21H,3-18,20H2,1-2H3;9-10,18H,2-8,11-17H2,1H3;5-9H2,1-4H3,(H,15,18);1-2H3/b;10-9-;;. The summed E-state index contributed by atoms with van der Waals surface area (Å²) in [5.41, 5.74) is 2.22. The number of fused-ring (bicyclic) bond motifs is 1. The first-order valence-corrected chi connectivity index (χ1v) is 27.9. The SMILES string of the molecule is CC.CCCCCCCC/C=C\CCCCCCCC=O.CCCCCCCCC(CCCCCC)C(=O)OCCCCCC=O.Cc1sc2c(c1C(=O)NCCN(C)C)CCN(C)C2. The Bertz CT molecular complexity index is 1260. The van der Waals surface area contributed by atoms with Crippen molar-refractivity contribution in [2.75, 3.05) is 47.4 Å². The molecule has 1 aliphatic heterocycles. The second-order valence-corrected chi connectivity index (χ2v) is 19.6. The molecule has 9 heteroatoms. The summed E-state index contributed by atoms with van der Waals surface area (Å²) in [7, 11) is 6.16. The van der Waals surface area contributed by atoms with Crippen molar-refractivity contribution in [2.24, 2.45) is 5.92 Å². The Morgan fingerprint density at radius 1 is 0.677 bits per heavy atom. The number of aldehydes is 2. The van der Waals surface area contributed by atoms with Crippen LogP contribution in [0.2, 0.25) is 0 Å². The maximum Gasteiger partial charge on any atom is 0.308 e. The van der Waals surface area contributed by atoms with E-state index in [-0.39, 0.29) is 17.8 Å². The number of carbonyl (C=O) groups excluding carboxylic acids is 4. The Morgan fingerprint density at radius 3 is 1.62 bits per heavy atom. The maximum atomic E-state index is 12.4. The summed E-state index contributed by atoms with van der Waals surface area (Å²) in [4.78, 5) is 52.0. The summed E-state index contributed by atoms with van der Waals surface area (Å²) in [6, 6.07) is 0. The molecule has 1 N–H and O–H groups in total. The average molecular weight is 933 g/mol. The van der Waals surface area contributed by atoms with E-state index in [2.05, 4.69) is 62.0 Å². The molecule has 0 aromatic carbocycles. The highest BCUT2D eigenvalue weighted by atomic mass is 32.1. The molecule has 1 amide bonds. The van der Waals surface area contributed by atoms with Crippen molar-refractivity contribution >= 4 is 35.8 Å². The van der Waals surface area contributed by atoms with Crippen molar-refractivity contribution in [3.63, 3.8) is 0 Å². The van der Waals surface area contributed by atoms with Gasteiger partial charge in [0.2, 0.25) is 0 Å². The van der Waals surface area contributed by atoms with Crippen molar-refractivity contribution in [3.8, 4) is 0 Å². The minimum atomic E-state index is 0.0143. The van der Waals surface area contributed by atoms with Gasteiger partial charge in [0.1, 0.15) is 12.6 Å². The first-order valence-electron chi connectivity index (χ1n) is 27.1. The van der Waals surface area contributed by atoms with E-state index in [9.17, 15) is 19.2 Å². The molecule has 1 aliphatic rings. The Kier molecular flexibility index (Phi) is 49.3. The fourth-order valence-corrected chi connectivity index (χ4v) is 9.21. The molecule has 1 unspecified atom stereocenters. The van der Waals surface area contributed by atoms with Gasteiger partial charge in [-0.15, -0.1) is 11.3 Å². The van der Waals surface area contributed by atoms with Crippen molar-refractivity contribution in [1.29, 1.82) is 0 Å². The lowest BCUT2D eigenvalue weighted by atomic mass is 9.94. The number of nitrogens with zero attached hydrogens (tertiary/aromatic N) is 2. The second kappa shape index (κ2) is 49.5. The lowest BCUT2D eigenvalue weighted by Crippen LogP contribution is -2.33. The normalized spacial score (nSPS) is 12.6. The number of allylic oxidation sites excluding steroid dienone is 2. The molecule has 2 heterocycles. The monoisotopic (exact) mass is 932 g/mol. The summed E-state index contributed by atoms with van der Waals surface area (Å²) in [6.07, 6.45) is 43.3. The molecule has 1 atom stereocenters. The molecule has 0 bridgehead atoms. The molecule has 8 nitrogen and oxygen atoms in total. The van der Waals surface area contributed by atoms with Crippen LogP contribution < -0.4 is 5.32 Å². The molecule has 0 aliphatic carbocycles. The number of esters is 1. The maximum absolute atomic E-state index is 12.4. The number of amides is 1. The van der Waals surface area contributed by atoms with Gasteiger partial charge in [0.15, 0.2) is 0 Å². The van der Waals surface area contributed by atoms with Crippen molar-refractivity contribution in [3.05, 3.63) is 33.0 Å². The highest BCUT2D eigenvalue weighted by Gasteiger charge is 2.25. The Balaban J connectivity index is 0. The van der Waals surface area contributed by atoms with E-state index >= 15 is 0 Å². The molecule has 0 saturated heterocycles. The number of thiophene rings is 1. The molecular formula is C56H105N3O5S. The third kappa shape index (κ3) is 39.4. The van der Waals surface area contributed by atoms with E-state index in [0.717, 1.165) is 107 Å². The van der Waals surface area contributed by atoms with Crippen LogP contribution in [0.1, 0.15) is 253 Å². The Hall–Kier alpha value is -2.36. The van der Waals surface area contributed by atoms with Gasteiger partial charge >= 0.3 is 5.97 Å². The smallest absolute Gasteiger partial charge is 0.308 e. The van der Waals surface area contributed by atoms with Gasteiger partial charge in [0, 0.05) is 48.8 Å². The molecule has 1 aromatic heterocycles. The lowest BCUT2D eigenvalue weighted by molar-refractivity contribution is -0.149. The molecule has 1 aromatic rings. The number of unbranched alkanes of at least 4 members (excludes halogenated alkanes) is 23. The van der Waals surface area contributed by atoms with E-state index < -0.39 is 0 Å². The fourth-order valence-electron chi connectivity index (χ4n) is 7.91. The van der Waals surface area contributed by atoms with Crippen LogP contribution in [0.5, 0.6) is 0 Å². The minimum Gasteiger partial charge on any atom is -0.465 e. The fraction of sp³-hybridized carbons (Fsp3) is 0.821. The predicted molar refractivity (Wildman–Crippen MR) is 283 cm³/mol. The molecule has 380 valence electrons. The number of aryl methyl sites for hydroxylation is 1. The van der Waals surface area contributed by atoms with Gasteiger partial charge in [-0.3, -0.25) is 9.59 Å². The summed E-state index contributed by atoms with van der Waals surface area (Å²) >= 11 is 1.78. The van der Waals surface area contributed by atoms with Crippen LogP contribution in [0, 0.1) is 12.8 Å². The number of likely N-dealkylation sites (N-methyl/N-ethyl adjacent to an activating group) is 2. The number of hydrogen-bond donors (Lipinski definition) is 1. The van der Waals surface area contributed by atoms with E-state index in [0.29, 0.717) is 19.6 Å². The molecule has 0 fully saturated rings. The Labute approximate surface area is 406 Å². The summed E-state index contributed by atoms with van der Waals surface area (Å²) in [6.45, 7) is 16.9. The zero-order chi connectivity index (χ0) is 48.6. The second-order valence-electron chi connectivity index (χ2n) is 18.3. The number of carbonyl (C=O) groups is 4. The zero-order valence-corrected chi connectivity index (χ0v) is 45.0. The third-order valence-corrected chi connectivity index (χ3v) is 13.1. The van der Waals surface area contributed by atoms with Crippen LogP contribution in [0.25, 0.3) is 0 Å². The summed E-state index contributed by atoms with van der Waals surface area (Å²) < 4.78 is 5.51. The highest BCUT2D eigenvalue weighted by Crippen LogP contribution is 2.32. The summed E-state index contributed by atoms with van der Waals surface area (Å²) in [5.74, 6) is 0.208. The quantitative estimate of drug-likeness (QED) is 0.0305. The number of nitrogens with one attached hydrogen (secondary N) is 1. The lowest BCUT2D eigenvalue weighted by Gasteiger charge is -2.22. The molecule has 0 saturated carbocycles. The van der Waals surface area contributed by atoms with Crippen LogP contribution in [0.15, 0.2) is 12.2 Å². The first kappa shape index (κ1) is 64.7. The van der Waals surface area contributed by atoms with Gasteiger partial charge in [-0.05, 0) is 104 Å². The van der Waals surface area contributed by atoms with Crippen LogP contribution >= 0.6 is 11.3 Å². The van der Waals surface area contributed by atoms with Crippen molar-refractivity contribution < 1.29 is 23.9 Å². The van der Waals surface area contributed by atoms with Gasteiger partial charge in [-0.25, -0.2) is 0 Å². The Morgan fingerprint density at radius 2 is 1.12 bits per heavy atom. The zero-order valence-electron chi connectivity index (χ0n) is 44.2. The number of rotatable bonds is 38. The average Bonchev–Trinajstić information content (AvgIpc) is 3.63. The molecule has 0 spiro atoms. The van der Waals surface area contributed by atoms with E-state index in [1.54, 1.807) is 11.3 Å². The van der Waals surface area contributed by atoms with Gasteiger partial charge in [-0.2, -0.15) is 0 Å².